The summed E-state index contributed by atoms with van der Waals surface area (Å²) in [5, 5.41) is 22.3. The van der Waals surface area contributed by atoms with E-state index in [4.69, 9.17) is 0 Å². The fraction of sp³-hybridized carbons (Fsp3) is 0.769. The molecule has 0 radical (unpaired) electrons. The normalized spacial score (nSPS) is 17.3. The van der Waals surface area contributed by atoms with Crippen molar-refractivity contribution >= 4 is 11.6 Å². The van der Waals surface area contributed by atoms with Gasteiger partial charge in [0.05, 0.1) is 11.0 Å². The number of allylic oxidation sites excluding steroid dienone is 3. The number of ketones is 2. The lowest BCUT2D eigenvalue weighted by Gasteiger charge is -2.38. The molecule has 0 amide bonds. The zero-order chi connectivity index (χ0) is 23.2. The van der Waals surface area contributed by atoms with E-state index in [1.165, 1.54) is 0 Å². The summed E-state index contributed by atoms with van der Waals surface area (Å²) >= 11 is 0. The highest BCUT2D eigenvalue weighted by Gasteiger charge is 2.50. The Morgan fingerprint density at radius 1 is 0.800 bits per heavy atom. The van der Waals surface area contributed by atoms with Crippen LogP contribution in [0.1, 0.15) is 100 Å². The van der Waals surface area contributed by atoms with Gasteiger partial charge in [-0.1, -0.05) is 55.4 Å². The summed E-state index contributed by atoms with van der Waals surface area (Å²) in [6, 6.07) is 0. The molecule has 0 spiro atoms. The third kappa shape index (κ3) is 6.46. The molecule has 1 aliphatic rings. The Morgan fingerprint density at radius 2 is 1.27 bits per heavy atom. The van der Waals surface area contributed by atoms with Crippen molar-refractivity contribution in [1.82, 2.24) is 0 Å². The van der Waals surface area contributed by atoms with Gasteiger partial charge in [-0.25, -0.2) is 0 Å². The van der Waals surface area contributed by atoms with E-state index in [1.54, 1.807) is 0 Å². The van der Waals surface area contributed by atoms with Gasteiger partial charge >= 0.3 is 0 Å². The van der Waals surface area contributed by atoms with Crippen molar-refractivity contribution in [3.05, 3.63) is 22.7 Å². The van der Waals surface area contributed by atoms with E-state index in [1.807, 2.05) is 13.8 Å². The maximum Gasteiger partial charge on any atom is 0.176 e. The molecule has 1 rings (SSSR count). The number of Topliss-reactive ketones (excluding diaryl/α,β-unsaturated/α-hetero) is 2. The predicted molar refractivity (Wildman–Crippen MR) is 123 cm³/mol. The molecule has 0 bridgehead atoms. The van der Waals surface area contributed by atoms with Gasteiger partial charge in [0.25, 0.3) is 0 Å². The first-order chi connectivity index (χ1) is 13.8. The van der Waals surface area contributed by atoms with Crippen LogP contribution in [0.2, 0.25) is 0 Å². The SMILES string of the molecule is CC(C)CCC1=C(O)C(C(=O)CC(C)C)=C(O)C(CCC(C)C)(CCC(C)C)C1=O. The molecule has 2 N–H and O–H groups in total. The molecule has 0 aromatic heterocycles. The predicted octanol–water partition coefficient (Wildman–Crippen LogP) is 7.10. The Labute approximate surface area is 183 Å². The fourth-order valence-electron chi connectivity index (χ4n) is 4.07. The summed E-state index contributed by atoms with van der Waals surface area (Å²) in [7, 11) is 0. The Morgan fingerprint density at radius 3 is 1.67 bits per heavy atom. The van der Waals surface area contributed by atoms with Gasteiger partial charge in [0.1, 0.15) is 11.5 Å². The summed E-state index contributed by atoms with van der Waals surface area (Å²) in [5.74, 6) is 0.286. The number of hydrogen-bond donors (Lipinski definition) is 2. The Bertz CT molecular complexity index is 665. The second kappa shape index (κ2) is 11.2. The van der Waals surface area contributed by atoms with Gasteiger partial charge in [-0.05, 0) is 62.2 Å². The second-order valence-corrected chi connectivity index (χ2v) is 10.8. The van der Waals surface area contributed by atoms with Crippen LogP contribution in [-0.4, -0.2) is 21.8 Å². The van der Waals surface area contributed by atoms with Crippen LogP contribution in [0.25, 0.3) is 0 Å². The zero-order valence-electron chi connectivity index (χ0n) is 20.5. The quantitative estimate of drug-likeness (QED) is 0.353. The molecule has 0 heterocycles. The van der Waals surface area contributed by atoms with Gasteiger partial charge in [0.15, 0.2) is 11.6 Å². The van der Waals surface area contributed by atoms with Crippen molar-refractivity contribution in [3.8, 4) is 0 Å². The van der Waals surface area contributed by atoms with Crippen molar-refractivity contribution in [3.63, 3.8) is 0 Å². The fourth-order valence-corrected chi connectivity index (χ4v) is 4.07. The van der Waals surface area contributed by atoms with E-state index >= 15 is 0 Å². The van der Waals surface area contributed by atoms with Gasteiger partial charge in [-0.15, -0.1) is 0 Å². The average Bonchev–Trinajstić information content (AvgIpc) is 2.60. The third-order valence-corrected chi connectivity index (χ3v) is 6.06. The minimum atomic E-state index is -1.10. The van der Waals surface area contributed by atoms with Crippen molar-refractivity contribution in [2.45, 2.75) is 100 Å². The van der Waals surface area contributed by atoms with E-state index in [0.29, 0.717) is 42.6 Å². The summed E-state index contributed by atoms with van der Waals surface area (Å²) < 4.78 is 0. The molecule has 4 nitrogen and oxygen atoms in total. The van der Waals surface area contributed by atoms with E-state index in [0.717, 1.165) is 19.3 Å². The third-order valence-electron chi connectivity index (χ3n) is 6.06. The van der Waals surface area contributed by atoms with Crippen molar-refractivity contribution in [2.75, 3.05) is 0 Å². The van der Waals surface area contributed by atoms with Crippen molar-refractivity contribution in [1.29, 1.82) is 0 Å². The smallest absolute Gasteiger partial charge is 0.176 e. The molecule has 0 aromatic carbocycles. The van der Waals surface area contributed by atoms with Crippen molar-refractivity contribution < 1.29 is 19.8 Å². The zero-order valence-corrected chi connectivity index (χ0v) is 20.5. The topological polar surface area (TPSA) is 74.6 Å². The van der Waals surface area contributed by atoms with E-state index in [9.17, 15) is 19.8 Å². The molecule has 0 unspecified atom stereocenters. The molecule has 0 aromatic rings. The lowest BCUT2D eigenvalue weighted by atomic mass is 9.64. The largest absolute Gasteiger partial charge is 0.510 e. The first-order valence-electron chi connectivity index (χ1n) is 11.8. The van der Waals surface area contributed by atoms with Crippen LogP contribution >= 0.6 is 0 Å². The van der Waals surface area contributed by atoms with E-state index in [2.05, 4.69) is 41.5 Å². The number of carbonyl (C=O) groups is 2. The van der Waals surface area contributed by atoms with Crippen molar-refractivity contribution in [2.24, 2.45) is 29.1 Å². The Kier molecular flexibility index (Phi) is 9.84. The first kappa shape index (κ1) is 26.5. The minimum absolute atomic E-state index is 0.00503. The summed E-state index contributed by atoms with van der Waals surface area (Å²) in [6.07, 6.45) is 3.97. The summed E-state index contributed by atoms with van der Waals surface area (Å²) in [6.45, 7) is 16.4. The summed E-state index contributed by atoms with van der Waals surface area (Å²) in [4.78, 5) is 26.8. The molecule has 4 heteroatoms. The van der Waals surface area contributed by atoms with Crippen LogP contribution < -0.4 is 0 Å². The van der Waals surface area contributed by atoms with Crippen LogP contribution in [0, 0.1) is 29.1 Å². The highest BCUT2D eigenvalue weighted by Crippen LogP contribution is 2.48. The van der Waals surface area contributed by atoms with Gasteiger partial charge in [-0.3, -0.25) is 9.59 Å². The lowest BCUT2D eigenvalue weighted by Crippen LogP contribution is -2.41. The second-order valence-electron chi connectivity index (χ2n) is 10.8. The number of carbonyl (C=O) groups excluding carboxylic acids is 2. The molecule has 0 atom stereocenters. The molecule has 30 heavy (non-hydrogen) atoms. The van der Waals surface area contributed by atoms with Crippen LogP contribution in [0.3, 0.4) is 0 Å². The number of hydrogen-bond acceptors (Lipinski definition) is 4. The van der Waals surface area contributed by atoms with Gasteiger partial charge in [0, 0.05) is 12.0 Å². The van der Waals surface area contributed by atoms with Crippen LogP contribution in [0.15, 0.2) is 22.7 Å². The minimum Gasteiger partial charge on any atom is -0.510 e. The first-order valence-corrected chi connectivity index (χ1v) is 11.8. The van der Waals surface area contributed by atoms with Gasteiger partial charge in [-0.2, -0.15) is 0 Å². The van der Waals surface area contributed by atoms with Crippen LogP contribution in [0.4, 0.5) is 0 Å². The highest BCUT2D eigenvalue weighted by molar-refractivity contribution is 6.10. The molecular formula is C26H44O4. The standard InChI is InChI=1S/C26H44O4/c1-16(2)9-10-20-23(28)22(21(27)15-19(7)8)25(30)26(24(20)29,13-11-17(3)4)14-12-18(5)6/h16-19,28,30H,9-15H2,1-8H3. The molecule has 0 aliphatic heterocycles. The molecular weight excluding hydrogens is 376 g/mol. The Hall–Kier alpha value is -1.58. The van der Waals surface area contributed by atoms with E-state index < -0.39 is 5.41 Å². The number of rotatable bonds is 12. The molecule has 0 fully saturated rings. The molecule has 0 saturated heterocycles. The Balaban J connectivity index is 3.63. The van der Waals surface area contributed by atoms with Gasteiger partial charge in [0.2, 0.25) is 0 Å². The molecule has 172 valence electrons. The molecule has 0 saturated carbocycles. The maximum absolute atomic E-state index is 13.8. The summed E-state index contributed by atoms with van der Waals surface area (Å²) in [5.41, 5.74) is -0.773. The number of aliphatic hydroxyl groups excluding tert-OH is 2. The monoisotopic (exact) mass is 420 g/mol. The highest BCUT2D eigenvalue weighted by atomic mass is 16.3. The average molecular weight is 421 g/mol. The lowest BCUT2D eigenvalue weighted by molar-refractivity contribution is -0.126. The maximum atomic E-state index is 13.8. The molecule has 1 aliphatic carbocycles. The van der Waals surface area contributed by atoms with E-state index in [-0.39, 0.29) is 41.0 Å². The van der Waals surface area contributed by atoms with Crippen LogP contribution in [-0.2, 0) is 9.59 Å². The number of aliphatic hydroxyl groups is 2. The van der Waals surface area contributed by atoms with Gasteiger partial charge < -0.3 is 10.2 Å². The van der Waals surface area contributed by atoms with Crippen LogP contribution in [0.5, 0.6) is 0 Å².